The summed E-state index contributed by atoms with van der Waals surface area (Å²) in [4.78, 5) is 12.5. The number of hydrazone groups is 1. The van der Waals surface area contributed by atoms with E-state index in [4.69, 9.17) is 18.9 Å². The van der Waals surface area contributed by atoms with Gasteiger partial charge < -0.3 is 18.9 Å². The molecule has 0 fully saturated rings. The maximum atomic E-state index is 12.5. The van der Waals surface area contributed by atoms with Gasteiger partial charge in [0, 0.05) is 5.56 Å². The van der Waals surface area contributed by atoms with Crippen LogP contribution in [0.5, 0.6) is 23.0 Å². The molecule has 2 rings (SSSR count). The van der Waals surface area contributed by atoms with E-state index in [2.05, 4.69) is 39.7 Å². The van der Waals surface area contributed by atoms with Crippen LogP contribution in [0.2, 0.25) is 0 Å². The predicted molar refractivity (Wildman–Crippen MR) is 130 cm³/mol. The molecule has 0 heterocycles. The zero-order valence-electron chi connectivity index (χ0n) is 17.9. The molecule has 31 heavy (non-hydrogen) atoms. The van der Waals surface area contributed by atoms with Gasteiger partial charge in [-0.15, -0.1) is 0 Å². The SMILES string of the molecule is C=CCOc1ccc(C(=O)N/N=C/c2cc(I)c(OCC)c(OCC)c2)cc1OCC. The Morgan fingerprint density at radius 1 is 1.00 bits per heavy atom. The third-order valence-electron chi connectivity index (χ3n) is 3.86. The maximum absolute atomic E-state index is 12.5. The highest BCUT2D eigenvalue weighted by Crippen LogP contribution is 2.34. The van der Waals surface area contributed by atoms with Crippen molar-refractivity contribution in [2.75, 3.05) is 26.4 Å². The van der Waals surface area contributed by atoms with Crippen molar-refractivity contribution < 1.29 is 23.7 Å². The lowest BCUT2D eigenvalue weighted by atomic mass is 10.2. The van der Waals surface area contributed by atoms with Crippen LogP contribution >= 0.6 is 22.6 Å². The summed E-state index contributed by atoms with van der Waals surface area (Å²) in [5.74, 6) is 2.02. The molecule has 1 amide bonds. The van der Waals surface area contributed by atoms with Crippen LogP contribution in [0, 0.1) is 3.57 Å². The zero-order valence-corrected chi connectivity index (χ0v) is 20.1. The lowest BCUT2D eigenvalue weighted by Gasteiger charge is -2.13. The molecule has 0 radical (unpaired) electrons. The van der Waals surface area contributed by atoms with Gasteiger partial charge in [0.25, 0.3) is 5.91 Å². The van der Waals surface area contributed by atoms with Crippen LogP contribution in [0.3, 0.4) is 0 Å². The number of nitrogens with one attached hydrogen (secondary N) is 1. The Morgan fingerprint density at radius 2 is 1.71 bits per heavy atom. The van der Waals surface area contributed by atoms with E-state index in [9.17, 15) is 4.79 Å². The molecular weight excluding hydrogens is 511 g/mol. The molecule has 2 aromatic rings. The molecule has 0 aliphatic carbocycles. The summed E-state index contributed by atoms with van der Waals surface area (Å²) >= 11 is 2.19. The highest BCUT2D eigenvalue weighted by Gasteiger charge is 2.13. The standard InChI is InChI=1S/C23H27IN2O5/c1-5-11-31-19-10-9-17(14-20(19)28-6-2)23(27)26-25-15-16-12-18(24)22(30-8-4)21(13-16)29-7-3/h5,9-10,12-15H,1,6-8,11H2,2-4H3,(H,26,27)/b25-15+. The molecule has 0 atom stereocenters. The van der Waals surface area contributed by atoms with E-state index in [0.29, 0.717) is 55.0 Å². The first-order valence-electron chi connectivity index (χ1n) is 9.97. The molecule has 0 bridgehead atoms. The van der Waals surface area contributed by atoms with Gasteiger partial charge in [0.2, 0.25) is 0 Å². The zero-order chi connectivity index (χ0) is 22.6. The van der Waals surface area contributed by atoms with Crippen LogP contribution in [0.1, 0.15) is 36.7 Å². The molecular formula is C23H27IN2O5. The lowest BCUT2D eigenvalue weighted by molar-refractivity contribution is 0.0954. The van der Waals surface area contributed by atoms with Gasteiger partial charge in [0.05, 0.1) is 29.6 Å². The van der Waals surface area contributed by atoms with E-state index in [-0.39, 0.29) is 5.91 Å². The number of halogens is 1. The first-order chi connectivity index (χ1) is 15.0. The summed E-state index contributed by atoms with van der Waals surface area (Å²) in [5.41, 5.74) is 3.72. The van der Waals surface area contributed by atoms with Crippen molar-refractivity contribution in [2.24, 2.45) is 5.10 Å². The van der Waals surface area contributed by atoms with Gasteiger partial charge in [-0.1, -0.05) is 12.7 Å². The van der Waals surface area contributed by atoms with Crippen LogP contribution in [-0.2, 0) is 0 Å². The van der Waals surface area contributed by atoms with Gasteiger partial charge in [0.15, 0.2) is 23.0 Å². The number of ether oxygens (including phenoxy) is 4. The average molecular weight is 538 g/mol. The summed E-state index contributed by atoms with van der Waals surface area (Å²) in [6.45, 7) is 11.2. The first-order valence-corrected chi connectivity index (χ1v) is 11.0. The first kappa shape index (κ1) is 24.5. The molecule has 0 aromatic heterocycles. The molecule has 7 nitrogen and oxygen atoms in total. The van der Waals surface area contributed by atoms with Crippen molar-refractivity contribution in [1.29, 1.82) is 0 Å². The quantitative estimate of drug-likeness (QED) is 0.182. The maximum Gasteiger partial charge on any atom is 0.271 e. The van der Waals surface area contributed by atoms with Crippen molar-refractivity contribution in [3.63, 3.8) is 0 Å². The molecule has 0 aliphatic heterocycles. The minimum atomic E-state index is -0.363. The number of rotatable bonds is 12. The van der Waals surface area contributed by atoms with Crippen LogP contribution in [-0.4, -0.2) is 38.5 Å². The summed E-state index contributed by atoms with van der Waals surface area (Å²) < 4.78 is 23.4. The fourth-order valence-corrected chi connectivity index (χ4v) is 3.41. The number of hydrogen-bond donors (Lipinski definition) is 1. The van der Waals surface area contributed by atoms with Gasteiger partial charge in [-0.05, 0) is 79.3 Å². The van der Waals surface area contributed by atoms with E-state index >= 15 is 0 Å². The van der Waals surface area contributed by atoms with Crippen LogP contribution in [0.4, 0.5) is 0 Å². The van der Waals surface area contributed by atoms with E-state index in [1.807, 2.05) is 32.9 Å². The fourth-order valence-electron chi connectivity index (χ4n) is 2.63. The van der Waals surface area contributed by atoms with E-state index in [1.54, 1.807) is 30.5 Å². The minimum absolute atomic E-state index is 0.348. The Morgan fingerprint density at radius 3 is 2.39 bits per heavy atom. The fraction of sp³-hybridized carbons (Fsp3) is 0.304. The van der Waals surface area contributed by atoms with Gasteiger partial charge >= 0.3 is 0 Å². The molecule has 0 aliphatic rings. The summed E-state index contributed by atoms with van der Waals surface area (Å²) in [6.07, 6.45) is 3.20. The normalized spacial score (nSPS) is 10.6. The molecule has 1 N–H and O–H groups in total. The van der Waals surface area contributed by atoms with Crippen molar-refractivity contribution in [1.82, 2.24) is 5.43 Å². The van der Waals surface area contributed by atoms with Crippen LogP contribution in [0.25, 0.3) is 0 Å². The third-order valence-corrected chi connectivity index (χ3v) is 4.66. The number of benzene rings is 2. The van der Waals surface area contributed by atoms with E-state index < -0.39 is 0 Å². The van der Waals surface area contributed by atoms with Crippen molar-refractivity contribution in [3.05, 3.63) is 57.7 Å². The van der Waals surface area contributed by atoms with Gasteiger partial charge in [-0.25, -0.2) is 5.43 Å². The second-order valence-electron chi connectivity index (χ2n) is 6.09. The molecule has 0 saturated carbocycles. The molecule has 2 aromatic carbocycles. The Kier molecular flexibility index (Phi) is 10.2. The Hall–Kier alpha value is -2.75. The number of amides is 1. The number of nitrogens with zero attached hydrogens (tertiary/aromatic N) is 1. The highest BCUT2D eigenvalue weighted by atomic mass is 127. The average Bonchev–Trinajstić information content (AvgIpc) is 2.75. The second-order valence-corrected chi connectivity index (χ2v) is 7.25. The topological polar surface area (TPSA) is 78.4 Å². The minimum Gasteiger partial charge on any atom is -0.490 e. The van der Waals surface area contributed by atoms with Gasteiger partial charge in [-0.3, -0.25) is 4.79 Å². The van der Waals surface area contributed by atoms with E-state index in [1.165, 1.54) is 0 Å². The Bertz CT molecular complexity index is 930. The van der Waals surface area contributed by atoms with Crippen molar-refractivity contribution in [2.45, 2.75) is 20.8 Å². The molecule has 166 valence electrons. The number of hydrogen-bond acceptors (Lipinski definition) is 6. The van der Waals surface area contributed by atoms with Crippen LogP contribution in [0.15, 0.2) is 48.1 Å². The van der Waals surface area contributed by atoms with E-state index in [0.717, 1.165) is 9.13 Å². The van der Waals surface area contributed by atoms with Gasteiger partial charge in [-0.2, -0.15) is 5.10 Å². The Balaban J connectivity index is 2.14. The summed E-state index contributed by atoms with van der Waals surface area (Å²) in [6, 6.07) is 8.70. The van der Waals surface area contributed by atoms with Gasteiger partial charge in [0.1, 0.15) is 6.61 Å². The third kappa shape index (κ3) is 7.16. The number of carbonyl (C=O) groups excluding carboxylic acids is 1. The Labute approximate surface area is 196 Å². The molecule has 8 heteroatoms. The summed E-state index contributed by atoms with van der Waals surface area (Å²) in [7, 11) is 0. The monoisotopic (exact) mass is 538 g/mol. The second kappa shape index (κ2) is 12.8. The number of carbonyl (C=O) groups is 1. The molecule has 0 saturated heterocycles. The smallest absolute Gasteiger partial charge is 0.271 e. The van der Waals surface area contributed by atoms with Crippen molar-refractivity contribution >= 4 is 34.7 Å². The largest absolute Gasteiger partial charge is 0.490 e. The summed E-state index contributed by atoms with van der Waals surface area (Å²) in [5, 5.41) is 4.07. The predicted octanol–water partition coefficient (Wildman–Crippen LogP) is 4.82. The highest BCUT2D eigenvalue weighted by molar-refractivity contribution is 14.1. The molecule has 0 unspecified atom stereocenters. The lowest BCUT2D eigenvalue weighted by Crippen LogP contribution is -2.17. The van der Waals surface area contributed by atoms with Crippen molar-refractivity contribution in [3.8, 4) is 23.0 Å². The molecule has 0 spiro atoms. The van der Waals surface area contributed by atoms with Crippen LogP contribution < -0.4 is 24.4 Å².